The Kier molecular flexibility index (Phi) is 2.04. The van der Waals surface area contributed by atoms with Gasteiger partial charge in [0.1, 0.15) is 5.82 Å². The fraction of sp³-hybridized carbons (Fsp3) is 0.273. The molecule has 0 radical (unpaired) electrons. The second-order valence-electron chi connectivity index (χ2n) is 3.70. The van der Waals surface area contributed by atoms with Gasteiger partial charge in [0, 0.05) is 28.2 Å². The molecule has 0 saturated carbocycles. The van der Waals surface area contributed by atoms with Crippen LogP contribution in [0.25, 0.3) is 10.9 Å². The van der Waals surface area contributed by atoms with Crippen LogP contribution in [0, 0.1) is 12.7 Å². The van der Waals surface area contributed by atoms with Gasteiger partial charge in [-0.25, -0.2) is 4.39 Å². The van der Waals surface area contributed by atoms with Gasteiger partial charge in [-0.3, -0.25) is 0 Å². The number of benzene rings is 1. The number of H-pyrrole nitrogens is 1. The number of fused-ring (bicyclic) bond motifs is 1. The van der Waals surface area contributed by atoms with Gasteiger partial charge in [0.2, 0.25) is 0 Å². The van der Waals surface area contributed by atoms with Crippen molar-refractivity contribution in [1.29, 1.82) is 0 Å². The summed E-state index contributed by atoms with van der Waals surface area (Å²) in [7, 11) is 0. The van der Waals surface area contributed by atoms with Gasteiger partial charge < -0.3 is 10.7 Å². The Hall–Kier alpha value is -1.35. The van der Waals surface area contributed by atoms with Crippen LogP contribution < -0.4 is 5.73 Å². The highest BCUT2D eigenvalue weighted by Crippen LogP contribution is 2.23. The summed E-state index contributed by atoms with van der Waals surface area (Å²) in [6.07, 6.45) is 0. The molecule has 0 aliphatic carbocycles. The summed E-state index contributed by atoms with van der Waals surface area (Å²) in [6, 6.07) is 5.02. The number of hydrogen-bond donors (Lipinski definition) is 2. The summed E-state index contributed by atoms with van der Waals surface area (Å²) in [5.74, 6) is -0.241. The van der Waals surface area contributed by atoms with Crippen LogP contribution >= 0.6 is 0 Å². The lowest BCUT2D eigenvalue weighted by molar-refractivity contribution is 0.595. The second-order valence-corrected chi connectivity index (χ2v) is 3.70. The van der Waals surface area contributed by atoms with Crippen molar-refractivity contribution in [3.63, 3.8) is 0 Å². The Morgan fingerprint density at radius 3 is 2.71 bits per heavy atom. The van der Waals surface area contributed by atoms with Crippen molar-refractivity contribution in [3.8, 4) is 0 Å². The summed E-state index contributed by atoms with van der Waals surface area (Å²) in [5, 5.41) is 1.01. The smallest absolute Gasteiger partial charge is 0.130 e. The normalized spacial score (nSPS) is 13.4. The molecule has 1 aromatic carbocycles. The molecule has 74 valence electrons. The zero-order chi connectivity index (χ0) is 10.3. The van der Waals surface area contributed by atoms with Crippen LogP contribution in [0.2, 0.25) is 0 Å². The Bertz CT molecular complexity index is 471. The molecule has 0 aliphatic rings. The van der Waals surface area contributed by atoms with Crippen LogP contribution in [-0.2, 0) is 0 Å². The van der Waals surface area contributed by atoms with Crippen molar-refractivity contribution in [1.82, 2.24) is 4.98 Å². The summed E-state index contributed by atoms with van der Waals surface area (Å²) in [5.41, 5.74) is 8.08. The molecule has 0 saturated heterocycles. The van der Waals surface area contributed by atoms with E-state index >= 15 is 0 Å². The number of aryl methyl sites for hydroxylation is 1. The fourth-order valence-electron chi connectivity index (χ4n) is 1.67. The minimum Gasteiger partial charge on any atom is -0.359 e. The van der Waals surface area contributed by atoms with Gasteiger partial charge in [0.15, 0.2) is 0 Å². The summed E-state index contributed by atoms with van der Waals surface area (Å²) in [4.78, 5) is 3.08. The maximum atomic E-state index is 13.5. The van der Waals surface area contributed by atoms with E-state index in [-0.39, 0.29) is 11.9 Å². The SMILES string of the molecule is Cc1cc2cc(C(C)N)c(F)cc2[nH]1. The van der Waals surface area contributed by atoms with E-state index in [1.165, 1.54) is 6.07 Å². The largest absolute Gasteiger partial charge is 0.359 e. The summed E-state index contributed by atoms with van der Waals surface area (Å²) in [6.45, 7) is 3.73. The van der Waals surface area contributed by atoms with Crippen LogP contribution in [-0.4, -0.2) is 4.98 Å². The van der Waals surface area contributed by atoms with Crippen LogP contribution in [0.3, 0.4) is 0 Å². The molecule has 1 unspecified atom stereocenters. The first-order valence-corrected chi connectivity index (χ1v) is 4.62. The van der Waals surface area contributed by atoms with E-state index in [0.29, 0.717) is 5.56 Å². The van der Waals surface area contributed by atoms with Crippen molar-refractivity contribution < 1.29 is 4.39 Å². The summed E-state index contributed by atoms with van der Waals surface area (Å²) < 4.78 is 13.5. The molecular weight excluding hydrogens is 179 g/mol. The number of nitrogens with one attached hydrogen (secondary N) is 1. The van der Waals surface area contributed by atoms with E-state index in [4.69, 9.17) is 5.73 Å². The third-order valence-corrected chi connectivity index (χ3v) is 2.36. The van der Waals surface area contributed by atoms with E-state index in [1.54, 1.807) is 13.0 Å². The van der Waals surface area contributed by atoms with E-state index in [2.05, 4.69) is 4.98 Å². The third-order valence-electron chi connectivity index (χ3n) is 2.36. The zero-order valence-corrected chi connectivity index (χ0v) is 8.26. The molecule has 14 heavy (non-hydrogen) atoms. The van der Waals surface area contributed by atoms with Crippen molar-refractivity contribution in [2.24, 2.45) is 5.73 Å². The lowest BCUT2D eigenvalue weighted by Gasteiger charge is -2.06. The average molecular weight is 192 g/mol. The molecule has 1 atom stereocenters. The van der Waals surface area contributed by atoms with Crippen molar-refractivity contribution in [2.75, 3.05) is 0 Å². The molecule has 0 bridgehead atoms. The first-order valence-electron chi connectivity index (χ1n) is 4.62. The van der Waals surface area contributed by atoms with Gasteiger partial charge in [-0.15, -0.1) is 0 Å². The average Bonchev–Trinajstić information content (AvgIpc) is 2.42. The molecule has 0 amide bonds. The number of nitrogens with two attached hydrogens (primary N) is 1. The van der Waals surface area contributed by atoms with Crippen molar-refractivity contribution >= 4 is 10.9 Å². The van der Waals surface area contributed by atoms with Crippen LogP contribution in [0.1, 0.15) is 24.2 Å². The third kappa shape index (κ3) is 1.40. The second kappa shape index (κ2) is 3.10. The quantitative estimate of drug-likeness (QED) is 0.716. The van der Waals surface area contributed by atoms with E-state index in [1.807, 2.05) is 13.0 Å². The highest BCUT2D eigenvalue weighted by Gasteiger charge is 2.09. The molecular formula is C11H13FN2. The molecule has 3 heteroatoms. The molecule has 0 spiro atoms. The van der Waals surface area contributed by atoms with Gasteiger partial charge in [-0.1, -0.05) is 0 Å². The van der Waals surface area contributed by atoms with Gasteiger partial charge in [0.25, 0.3) is 0 Å². The minimum atomic E-state index is -0.269. The molecule has 1 heterocycles. The lowest BCUT2D eigenvalue weighted by Crippen LogP contribution is -2.07. The van der Waals surface area contributed by atoms with Crippen LogP contribution in [0.4, 0.5) is 4.39 Å². The van der Waals surface area contributed by atoms with Gasteiger partial charge in [0.05, 0.1) is 0 Å². The highest BCUT2D eigenvalue weighted by molar-refractivity contribution is 5.81. The first kappa shape index (κ1) is 9.21. The predicted molar refractivity (Wildman–Crippen MR) is 55.6 cm³/mol. The molecule has 3 N–H and O–H groups in total. The minimum absolute atomic E-state index is 0.241. The lowest BCUT2D eigenvalue weighted by atomic mass is 10.1. The number of halogens is 1. The highest BCUT2D eigenvalue weighted by atomic mass is 19.1. The molecule has 2 nitrogen and oxygen atoms in total. The summed E-state index contributed by atoms with van der Waals surface area (Å²) >= 11 is 0. The Morgan fingerprint density at radius 2 is 2.07 bits per heavy atom. The zero-order valence-electron chi connectivity index (χ0n) is 8.26. The Balaban J connectivity index is 2.70. The molecule has 2 rings (SSSR count). The molecule has 0 aliphatic heterocycles. The van der Waals surface area contributed by atoms with Crippen LogP contribution in [0.5, 0.6) is 0 Å². The van der Waals surface area contributed by atoms with Crippen LogP contribution in [0.15, 0.2) is 18.2 Å². The number of aromatic amines is 1. The monoisotopic (exact) mass is 192 g/mol. The van der Waals surface area contributed by atoms with Gasteiger partial charge in [-0.05, 0) is 32.0 Å². The Morgan fingerprint density at radius 1 is 1.36 bits per heavy atom. The number of rotatable bonds is 1. The van der Waals surface area contributed by atoms with E-state index < -0.39 is 0 Å². The molecule has 2 aromatic rings. The van der Waals surface area contributed by atoms with Crippen molar-refractivity contribution in [3.05, 3.63) is 35.3 Å². The van der Waals surface area contributed by atoms with E-state index in [9.17, 15) is 4.39 Å². The fourth-order valence-corrected chi connectivity index (χ4v) is 1.67. The Labute approximate surface area is 81.9 Å². The predicted octanol–water partition coefficient (Wildman–Crippen LogP) is 2.64. The number of hydrogen-bond acceptors (Lipinski definition) is 1. The molecule has 0 fully saturated rings. The van der Waals surface area contributed by atoms with Crippen molar-refractivity contribution in [2.45, 2.75) is 19.9 Å². The maximum absolute atomic E-state index is 13.5. The standard InChI is InChI=1S/C11H13FN2/c1-6-3-8-4-9(7(2)13)10(12)5-11(8)14-6/h3-5,7,14H,13H2,1-2H3. The topological polar surface area (TPSA) is 41.8 Å². The number of aromatic nitrogens is 1. The maximum Gasteiger partial charge on any atom is 0.130 e. The van der Waals surface area contributed by atoms with E-state index in [0.717, 1.165) is 16.6 Å². The van der Waals surface area contributed by atoms with Gasteiger partial charge in [-0.2, -0.15) is 0 Å². The first-order chi connectivity index (χ1) is 6.58. The molecule has 1 aromatic heterocycles. The van der Waals surface area contributed by atoms with Gasteiger partial charge >= 0.3 is 0 Å².